The maximum atomic E-state index is 6.96. The number of para-hydroxylation sites is 1. The zero-order valence-corrected chi connectivity index (χ0v) is 29.6. The molecule has 0 N–H and O–H groups in total. The summed E-state index contributed by atoms with van der Waals surface area (Å²) in [5, 5.41) is 9.06. The van der Waals surface area contributed by atoms with E-state index < -0.39 is 0 Å². The summed E-state index contributed by atoms with van der Waals surface area (Å²) in [5.41, 5.74) is 9.05. The molecule has 0 amide bonds. The van der Waals surface area contributed by atoms with Crippen molar-refractivity contribution in [2.75, 3.05) is 0 Å². The van der Waals surface area contributed by atoms with Gasteiger partial charge in [-0.25, -0.2) is 15.0 Å². The van der Waals surface area contributed by atoms with Crippen LogP contribution < -0.4 is 0 Å². The van der Waals surface area contributed by atoms with Crippen molar-refractivity contribution in [3.63, 3.8) is 0 Å². The smallest absolute Gasteiger partial charge is 0.164 e. The lowest BCUT2D eigenvalue weighted by molar-refractivity contribution is 0.674. The minimum absolute atomic E-state index is 0.620. The highest BCUT2D eigenvalue weighted by molar-refractivity contribution is 6.32. The van der Waals surface area contributed by atoms with Crippen LogP contribution in [-0.2, 0) is 0 Å². The fraction of sp³-hybridized carbons (Fsp3) is 0. The van der Waals surface area contributed by atoms with Crippen LogP contribution in [0.15, 0.2) is 192 Å². The lowest BCUT2D eigenvalue weighted by Gasteiger charge is -2.13. The van der Waals surface area contributed by atoms with Crippen molar-refractivity contribution in [3.8, 4) is 56.4 Å². The summed E-state index contributed by atoms with van der Waals surface area (Å²) in [5.74, 6) is 1.88. The van der Waals surface area contributed by atoms with Gasteiger partial charge in [-0.15, -0.1) is 0 Å². The number of aromatic nitrogens is 3. The van der Waals surface area contributed by atoms with E-state index in [4.69, 9.17) is 19.4 Å². The Morgan fingerprint density at radius 2 is 0.745 bits per heavy atom. The van der Waals surface area contributed by atoms with Crippen molar-refractivity contribution in [3.05, 3.63) is 188 Å². The Kier molecular flexibility index (Phi) is 7.14. The number of hydrogen-bond donors (Lipinski definition) is 0. The molecule has 2 heterocycles. The predicted octanol–water partition coefficient (Wildman–Crippen LogP) is 13.6. The first-order chi connectivity index (χ1) is 27.3. The van der Waals surface area contributed by atoms with Crippen LogP contribution in [0.4, 0.5) is 0 Å². The minimum Gasteiger partial charge on any atom is -0.455 e. The van der Waals surface area contributed by atoms with Gasteiger partial charge in [-0.3, -0.25) is 0 Å². The summed E-state index contributed by atoms with van der Waals surface area (Å²) in [6.07, 6.45) is 0. The first-order valence-corrected chi connectivity index (χ1v) is 18.5. The molecule has 0 unspecified atom stereocenters. The third-order valence-electron chi connectivity index (χ3n) is 10.7. The van der Waals surface area contributed by atoms with E-state index in [1.54, 1.807) is 0 Å². The molecule has 55 heavy (non-hydrogen) atoms. The Bertz CT molecular complexity index is 3240. The van der Waals surface area contributed by atoms with Crippen molar-refractivity contribution in [1.82, 2.24) is 15.0 Å². The monoisotopic (exact) mass is 701 g/mol. The van der Waals surface area contributed by atoms with Gasteiger partial charge in [0.25, 0.3) is 0 Å². The summed E-state index contributed by atoms with van der Waals surface area (Å²) < 4.78 is 6.96. The molecule has 0 fully saturated rings. The molecular weight excluding hydrogens is 671 g/mol. The quantitative estimate of drug-likeness (QED) is 0.168. The van der Waals surface area contributed by atoms with E-state index in [1.165, 1.54) is 10.8 Å². The van der Waals surface area contributed by atoms with Crippen LogP contribution in [0.2, 0.25) is 0 Å². The molecule has 0 spiro atoms. The van der Waals surface area contributed by atoms with E-state index in [9.17, 15) is 0 Å². The van der Waals surface area contributed by atoms with Gasteiger partial charge in [0, 0.05) is 38.4 Å². The second-order valence-corrected chi connectivity index (χ2v) is 13.9. The lowest BCUT2D eigenvalue weighted by atomic mass is 9.92. The molecule has 0 aliphatic carbocycles. The largest absolute Gasteiger partial charge is 0.455 e. The highest BCUT2D eigenvalue weighted by atomic mass is 16.3. The second kappa shape index (κ2) is 12.6. The zero-order chi connectivity index (χ0) is 36.3. The van der Waals surface area contributed by atoms with Crippen molar-refractivity contribution in [1.29, 1.82) is 0 Å². The molecule has 2 aromatic heterocycles. The first kappa shape index (κ1) is 31.1. The summed E-state index contributed by atoms with van der Waals surface area (Å²) in [6, 6.07) is 65.6. The molecule has 0 radical (unpaired) electrons. The fourth-order valence-electron chi connectivity index (χ4n) is 8.09. The molecule has 9 aromatic carbocycles. The standard InChI is InChI=1S/C51H31N3O/c1-4-14-32(15-5-1)35-20-12-21-36(30-35)50-52-49(34-18-8-3-9-19-34)53-51(54-50)37-26-27-42-45(31-37)40-23-11-10-22-39(40)41-28-29-44-43-25-13-24-38(33-16-6-2-7-17-33)47(43)55-48(44)46(41)42/h1-31H. The van der Waals surface area contributed by atoms with Crippen molar-refractivity contribution in [2.45, 2.75) is 0 Å². The summed E-state index contributed by atoms with van der Waals surface area (Å²) in [6.45, 7) is 0. The number of fused-ring (bicyclic) bond motifs is 10. The highest BCUT2D eigenvalue weighted by Crippen LogP contribution is 2.44. The molecule has 11 rings (SSSR count). The third kappa shape index (κ3) is 5.19. The van der Waals surface area contributed by atoms with E-state index in [0.717, 1.165) is 82.4 Å². The lowest BCUT2D eigenvalue weighted by Crippen LogP contribution is -2.00. The SMILES string of the molecule is c1ccc(-c2cccc(-c3nc(-c4ccccc4)nc(-c4ccc5c(c4)c4ccccc4c4ccc6c7cccc(-c8ccccc8)c7oc6c45)n3)c2)cc1. The summed E-state index contributed by atoms with van der Waals surface area (Å²) in [4.78, 5) is 15.3. The summed E-state index contributed by atoms with van der Waals surface area (Å²) in [7, 11) is 0. The van der Waals surface area contributed by atoms with Gasteiger partial charge in [0.2, 0.25) is 0 Å². The Hall–Kier alpha value is -7.43. The predicted molar refractivity (Wildman–Crippen MR) is 227 cm³/mol. The van der Waals surface area contributed by atoms with Crippen LogP contribution in [-0.4, -0.2) is 15.0 Å². The average molecular weight is 702 g/mol. The van der Waals surface area contributed by atoms with E-state index in [0.29, 0.717) is 17.5 Å². The van der Waals surface area contributed by atoms with Crippen molar-refractivity contribution >= 4 is 54.3 Å². The molecular formula is C51H31N3O. The molecule has 11 aromatic rings. The van der Waals surface area contributed by atoms with E-state index in [1.807, 2.05) is 42.5 Å². The Morgan fingerprint density at radius 3 is 1.47 bits per heavy atom. The number of rotatable bonds is 5. The molecule has 4 nitrogen and oxygen atoms in total. The van der Waals surface area contributed by atoms with Gasteiger partial charge in [-0.05, 0) is 61.8 Å². The second-order valence-electron chi connectivity index (χ2n) is 13.9. The number of benzene rings is 9. The van der Waals surface area contributed by atoms with Gasteiger partial charge in [-0.2, -0.15) is 0 Å². The number of furan rings is 1. The topological polar surface area (TPSA) is 51.8 Å². The molecule has 4 heteroatoms. The molecule has 256 valence electrons. The van der Waals surface area contributed by atoms with Gasteiger partial charge in [-0.1, -0.05) is 170 Å². The van der Waals surface area contributed by atoms with E-state index in [-0.39, 0.29) is 0 Å². The maximum Gasteiger partial charge on any atom is 0.164 e. The maximum absolute atomic E-state index is 6.96. The first-order valence-electron chi connectivity index (χ1n) is 18.5. The van der Waals surface area contributed by atoms with Crippen LogP contribution in [0.5, 0.6) is 0 Å². The summed E-state index contributed by atoms with van der Waals surface area (Å²) >= 11 is 0. The molecule has 0 atom stereocenters. The highest BCUT2D eigenvalue weighted by Gasteiger charge is 2.20. The van der Waals surface area contributed by atoms with E-state index in [2.05, 4.69) is 146 Å². The van der Waals surface area contributed by atoms with Gasteiger partial charge in [0.15, 0.2) is 17.5 Å². The van der Waals surface area contributed by atoms with Gasteiger partial charge in [0.1, 0.15) is 11.2 Å². The van der Waals surface area contributed by atoms with Crippen molar-refractivity contribution < 1.29 is 4.42 Å². The molecule has 0 saturated heterocycles. The Labute approximate surface area is 317 Å². The molecule has 0 bridgehead atoms. The number of hydrogen-bond acceptors (Lipinski definition) is 4. The Morgan fingerprint density at radius 1 is 0.273 bits per heavy atom. The number of nitrogens with zero attached hydrogens (tertiary/aromatic N) is 3. The van der Waals surface area contributed by atoms with Gasteiger partial charge >= 0.3 is 0 Å². The zero-order valence-electron chi connectivity index (χ0n) is 29.6. The average Bonchev–Trinajstić information content (AvgIpc) is 3.66. The van der Waals surface area contributed by atoms with Gasteiger partial charge in [0.05, 0.1) is 0 Å². The van der Waals surface area contributed by atoms with Gasteiger partial charge < -0.3 is 4.42 Å². The van der Waals surface area contributed by atoms with E-state index >= 15 is 0 Å². The third-order valence-corrected chi connectivity index (χ3v) is 10.7. The fourth-order valence-corrected chi connectivity index (χ4v) is 8.09. The minimum atomic E-state index is 0.620. The Balaban J connectivity index is 1.15. The van der Waals surface area contributed by atoms with Crippen LogP contribution in [0.3, 0.4) is 0 Å². The normalized spacial score (nSPS) is 11.6. The molecule has 0 aliphatic heterocycles. The molecule has 0 saturated carbocycles. The van der Waals surface area contributed by atoms with Crippen LogP contribution in [0, 0.1) is 0 Å². The van der Waals surface area contributed by atoms with Crippen molar-refractivity contribution in [2.24, 2.45) is 0 Å². The van der Waals surface area contributed by atoms with Crippen LogP contribution >= 0.6 is 0 Å². The molecule has 0 aliphatic rings. The van der Waals surface area contributed by atoms with Crippen LogP contribution in [0.25, 0.3) is 111 Å². The van der Waals surface area contributed by atoms with Crippen LogP contribution in [0.1, 0.15) is 0 Å².